The number of rotatable bonds is 6. The number of carbonyl (C=O) groups excluding carboxylic acids is 3. The lowest BCUT2D eigenvalue weighted by Crippen LogP contribution is -2.43. The van der Waals surface area contributed by atoms with Crippen LogP contribution in [0.1, 0.15) is 23.2 Å². The number of piperidine rings is 1. The average molecular weight is 442 g/mol. The van der Waals surface area contributed by atoms with Crippen LogP contribution in [-0.2, 0) is 20.9 Å². The molecule has 1 fully saturated rings. The van der Waals surface area contributed by atoms with E-state index >= 15 is 0 Å². The van der Waals surface area contributed by atoms with Crippen molar-refractivity contribution in [2.24, 2.45) is 5.92 Å². The third-order valence-electron chi connectivity index (χ3n) is 5.25. The van der Waals surface area contributed by atoms with Crippen LogP contribution in [0.3, 0.4) is 0 Å². The van der Waals surface area contributed by atoms with Gasteiger partial charge in [0.1, 0.15) is 6.54 Å². The molecule has 0 aliphatic carbocycles. The first-order valence-electron chi connectivity index (χ1n) is 9.91. The molecule has 2 amide bonds. The van der Waals surface area contributed by atoms with Gasteiger partial charge in [0.2, 0.25) is 11.8 Å². The van der Waals surface area contributed by atoms with Crippen molar-refractivity contribution in [2.75, 3.05) is 25.5 Å². The highest BCUT2D eigenvalue weighted by Crippen LogP contribution is 2.20. The number of esters is 1. The summed E-state index contributed by atoms with van der Waals surface area (Å²) in [6.45, 7) is 0.143. The first kappa shape index (κ1) is 22.7. The Hall–Kier alpha value is -4.02. The molecule has 1 aromatic carbocycles. The Morgan fingerprint density at radius 1 is 1.19 bits per heavy atom. The highest BCUT2D eigenvalue weighted by molar-refractivity contribution is 5.92. The second-order valence-corrected chi connectivity index (χ2v) is 7.31. The molecule has 1 aliphatic rings. The van der Waals surface area contributed by atoms with Crippen molar-refractivity contribution in [2.45, 2.75) is 19.4 Å². The molecule has 168 valence electrons. The fourth-order valence-electron chi connectivity index (χ4n) is 3.50. The highest BCUT2D eigenvalue weighted by atomic mass is 16.6. The van der Waals surface area contributed by atoms with Crippen LogP contribution >= 0.6 is 0 Å². The first-order chi connectivity index (χ1) is 15.3. The number of nitrogens with one attached hydrogen (secondary N) is 1. The lowest BCUT2D eigenvalue weighted by molar-refractivity contribution is -0.386. The maximum atomic E-state index is 12.7. The number of hydrogen-bond donors (Lipinski definition) is 1. The van der Waals surface area contributed by atoms with Crippen molar-refractivity contribution < 1.29 is 24.0 Å². The maximum Gasteiger partial charge on any atom is 0.339 e. The van der Waals surface area contributed by atoms with E-state index < -0.39 is 34.6 Å². The quantitative estimate of drug-likeness (QED) is 0.405. The van der Waals surface area contributed by atoms with Crippen LogP contribution in [0, 0.1) is 16.0 Å². The number of benzene rings is 1. The van der Waals surface area contributed by atoms with E-state index in [0.717, 1.165) is 23.9 Å². The Balaban J connectivity index is 1.65. The van der Waals surface area contributed by atoms with Crippen LogP contribution in [0.4, 0.5) is 11.4 Å². The molecule has 11 nitrogen and oxygen atoms in total. The number of pyridine rings is 1. The maximum absolute atomic E-state index is 12.7. The van der Waals surface area contributed by atoms with E-state index in [-0.39, 0.29) is 17.4 Å². The van der Waals surface area contributed by atoms with Crippen molar-refractivity contribution in [1.82, 2.24) is 9.47 Å². The van der Waals surface area contributed by atoms with E-state index in [1.165, 1.54) is 4.90 Å². The Labute approximate surface area is 182 Å². The van der Waals surface area contributed by atoms with E-state index in [1.54, 1.807) is 12.1 Å². The highest BCUT2D eigenvalue weighted by Gasteiger charge is 2.28. The molecule has 2 aromatic rings. The predicted octanol–water partition coefficient (Wildman–Crippen LogP) is 1.42. The van der Waals surface area contributed by atoms with E-state index in [1.807, 2.05) is 18.2 Å². The van der Waals surface area contributed by atoms with E-state index in [0.29, 0.717) is 31.6 Å². The molecule has 0 atom stereocenters. The minimum absolute atomic E-state index is 0.124. The average Bonchev–Trinajstić information content (AvgIpc) is 2.80. The number of hydrogen-bond acceptors (Lipinski definition) is 7. The molecule has 0 unspecified atom stereocenters. The fraction of sp³-hybridized carbons (Fsp3) is 0.333. The number of aromatic nitrogens is 1. The molecule has 1 aromatic heterocycles. The number of anilines is 1. The van der Waals surface area contributed by atoms with E-state index in [4.69, 9.17) is 0 Å². The van der Waals surface area contributed by atoms with Crippen LogP contribution in [0.15, 0.2) is 47.4 Å². The van der Waals surface area contributed by atoms with Gasteiger partial charge in [-0.1, -0.05) is 18.2 Å². The van der Waals surface area contributed by atoms with Gasteiger partial charge in [0.25, 0.3) is 0 Å². The molecular weight excluding hydrogens is 420 g/mol. The van der Waals surface area contributed by atoms with Crippen molar-refractivity contribution in [3.05, 3.63) is 68.6 Å². The zero-order valence-corrected chi connectivity index (χ0v) is 17.4. The Kier molecular flexibility index (Phi) is 6.98. The van der Waals surface area contributed by atoms with Crippen molar-refractivity contribution in [3.8, 4) is 0 Å². The van der Waals surface area contributed by atoms with Crippen LogP contribution in [-0.4, -0.2) is 52.4 Å². The number of para-hydroxylation sites is 1. The third kappa shape index (κ3) is 5.17. The number of methoxy groups -OCH3 is 1. The largest absolute Gasteiger partial charge is 0.465 e. The summed E-state index contributed by atoms with van der Waals surface area (Å²) in [6, 6.07) is 9.88. The molecule has 1 saturated heterocycles. The Morgan fingerprint density at radius 2 is 1.84 bits per heavy atom. The molecule has 3 rings (SSSR count). The lowest BCUT2D eigenvalue weighted by atomic mass is 9.95. The van der Waals surface area contributed by atoms with Gasteiger partial charge in [-0.15, -0.1) is 0 Å². The van der Waals surface area contributed by atoms with Gasteiger partial charge in [-0.25, -0.2) is 4.79 Å². The van der Waals surface area contributed by atoms with Crippen LogP contribution in [0.25, 0.3) is 0 Å². The first-order valence-corrected chi connectivity index (χ1v) is 9.91. The second kappa shape index (κ2) is 9.86. The molecule has 0 radical (unpaired) electrons. The summed E-state index contributed by atoms with van der Waals surface area (Å²) in [4.78, 5) is 61.0. The predicted molar refractivity (Wildman–Crippen MR) is 113 cm³/mol. The number of carbonyl (C=O) groups is 3. The number of amides is 2. The van der Waals surface area contributed by atoms with Gasteiger partial charge in [0, 0.05) is 37.0 Å². The van der Waals surface area contributed by atoms with Gasteiger partial charge in [-0.3, -0.25) is 29.1 Å². The molecule has 1 aliphatic heterocycles. The third-order valence-corrected chi connectivity index (χ3v) is 5.25. The SMILES string of the molecule is COC(=O)c1cc([N+](=O)[O-])c(=O)n(CC(=O)N2CCC(C(=O)Nc3ccccc3)CC2)c1. The molecule has 11 heteroatoms. The van der Waals surface area contributed by atoms with Gasteiger partial charge in [-0.2, -0.15) is 0 Å². The molecular formula is C21H22N4O7. The summed E-state index contributed by atoms with van der Waals surface area (Å²) in [5.41, 5.74) is -1.32. The van der Waals surface area contributed by atoms with Crippen LogP contribution < -0.4 is 10.9 Å². The Bertz CT molecular complexity index is 1090. The molecule has 0 bridgehead atoms. The molecule has 0 saturated carbocycles. The summed E-state index contributed by atoms with van der Waals surface area (Å²) in [7, 11) is 1.10. The second-order valence-electron chi connectivity index (χ2n) is 7.31. The topological polar surface area (TPSA) is 141 Å². The van der Waals surface area contributed by atoms with Gasteiger partial charge in [0.15, 0.2) is 0 Å². The standard InChI is InChI=1S/C21H22N4O7/c1-32-21(29)15-11-17(25(30)31)20(28)24(12-15)13-18(26)23-9-7-14(8-10-23)19(27)22-16-5-3-2-4-6-16/h2-6,11-12,14H,7-10,13H2,1H3,(H,22,27). The van der Waals surface area contributed by atoms with Crippen molar-refractivity contribution in [1.29, 1.82) is 0 Å². The Morgan fingerprint density at radius 3 is 2.44 bits per heavy atom. The molecule has 0 spiro atoms. The zero-order chi connectivity index (χ0) is 23.3. The number of likely N-dealkylation sites (tertiary alicyclic amines) is 1. The normalized spacial score (nSPS) is 14.0. The van der Waals surface area contributed by atoms with Crippen LogP contribution in [0.5, 0.6) is 0 Å². The number of ether oxygens (including phenoxy) is 1. The monoisotopic (exact) mass is 442 g/mol. The van der Waals surface area contributed by atoms with Crippen LogP contribution in [0.2, 0.25) is 0 Å². The smallest absolute Gasteiger partial charge is 0.339 e. The zero-order valence-electron chi connectivity index (χ0n) is 17.4. The van der Waals surface area contributed by atoms with E-state index in [9.17, 15) is 29.3 Å². The van der Waals surface area contributed by atoms with Gasteiger partial charge in [-0.05, 0) is 25.0 Å². The van der Waals surface area contributed by atoms with Crippen molar-refractivity contribution in [3.63, 3.8) is 0 Å². The minimum atomic E-state index is -0.992. The minimum Gasteiger partial charge on any atom is -0.465 e. The van der Waals surface area contributed by atoms with Gasteiger partial charge >= 0.3 is 17.2 Å². The molecule has 32 heavy (non-hydrogen) atoms. The summed E-state index contributed by atoms with van der Waals surface area (Å²) in [6.07, 6.45) is 1.96. The summed E-state index contributed by atoms with van der Waals surface area (Å²) < 4.78 is 5.39. The van der Waals surface area contributed by atoms with Crippen molar-refractivity contribution >= 4 is 29.2 Å². The summed E-state index contributed by atoms with van der Waals surface area (Å²) >= 11 is 0. The summed E-state index contributed by atoms with van der Waals surface area (Å²) in [5.74, 6) is -1.68. The lowest BCUT2D eigenvalue weighted by Gasteiger charge is -2.31. The number of nitrogens with zero attached hydrogens (tertiary/aromatic N) is 3. The van der Waals surface area contributed by atoms with Gasteiger partial charge in [0.05, 0.1) is 17.6 Å². The fourth-order valence-corrected chi connectivity index (χ4v) is 3.50. The summed E-state index contributed by atoms with van der Waals surface area (Å²) in [5, 5.41) is 14.0. The molecule has 1 N–H and O–H groups in total. The number of nitro groups is 1. The van der Waals surface area contributed by atoms with Gasteiger partial charge < -0.3 is 15.0 Å². The molecule has 2 heterocycles. The van der Waals surface area contributed by atoms with E-state index in [2.05, 4.69) is 10.1 Å².